The first kappa shape index (κ1) is 74.9. The van der Waals surface area contributed by atoms with Crippen LogP contribution in [0.15, 0.2) is 24.3 Å². The number of unbranched alkanes of at least 4 members (excludes halogenated alkanes) is 50. The summed E-state index contributed by atoms with van der Waals surface area (Å²) in [5.41, 5.74) is 0. The van der Waals surface area contributed by atoms with E-state index in [1.54, 1.807) is 0 Å². The molecule has 0 amide bonds. The van der Waals surface area contributed by atoms with E-state index in [2.05, 4.69) is 45.1 Å². The summed E-state index contributed by atoms with van der Waals surface area (Å²) in [5, 5.41) is 0. The number of hydrogen-bond acceptors (Lipinski definition) is 6. The zero-order valence-corrected chi connectivity index (χ0v) is 52.3. The lowest BCUT2D eigenvalue weighted by Crippen LogP contribution is -2.30. The molecule has 1 unspecified atom stereocenters. The van der Waals surface area contributed by atoms with Gasteiger partial charge in [-0.25, -0.2) is 0 Å². The Labute approximate surface area is 481 Å². The standard InChI is InChI=1S/C71H134O6/c1-4-7-10-13-16-18-20-22-24-26-28-29-30-31-32-33-34-35-36-37-38-39-40-41-42-43-44-46-47-49-51-53-55-58-61-64-70(73)76-67-68(66-75-69(72)63-60-57-15-12-9-6-3)77-71(74)65-62-59-56-54-52-50-48-45-27-25-23-21-19-17-14-11-8-5-2/h19,21,25,27,68H,4-18,20,22-24,26,28-67H2,1-3H3/b21-19-,27-25-. The van der Waals surface area contributed by atoms with Crippen LogP contribution in [0.5, 0.6) is 0 Å². The van der Waals surface area contributed by atoms with Crippen molar-refractivity contribution in [3.8, 4) is 0 Å². The van der Waals surface area contributed by atoms with Gasteiger partial charge in [-0.2, -0.15) is 0 Å². The highest BCUT2D eigenvalue weighted by Crippen LogP contribution is 2.19. The minimum atomic E-state index is -0.770. The molecule has 0 rings (SSSR count). The molecule has 0 aliphatic carbocycles. The summed E-state index contributed by atoms with van der Waals surface area (Å²) in [4.78, 5) is 38.0. The molecule has 0 aliphatic rings. The average Bonchev–Trinajstić information content (AvgIpc) is 3.43. The molecule has 0 bridgehead atoms. The van der Waals surface area contributed by atoms with Gasteiger partial charge in [-0.15, -0.1) is 0 Å². The molecule has 0 N–H and O–H groups in total. The fourth-order valence-electron chi connectivity index (χ4n) is 10.7. The number of carbonyl (C=O) groups excluding carboxylic acids is 3. The molecule has 454 valence electrons. The van der Waals surface area contributed by atoms with E-state index in [0.717, 1.165) is 70.6 Å². The van der Waals surface area contributed by atoms with Crippen molar-refractivity contribution in [2.45, 2.75) is 399 Å². The topological polar surface area (TPSA) is 78.9 Å². The molecule has 0 aromatic rings. The van der Waals surface area contributed by atoms with Crippen LogP contribution in [0.4, 0.5) is 0 Å². The van der Waals surface area contributed by atoms with Crippen LogP contribution < -0.4 is 0 Å². The van der Waals surface area contributed by atoms with E-state index in [9.17, 15) is 14.4 Å². The van der Waals surface area contributed by atoms with Gasteiger partial charge in [0.2, 0.25) is 0 Å². The Morgan fingerprint density at radius 2 is 0.468 bits per heavy atom. The Hall–Kier alpha value is -2.11. The summed E-state index contributed by atoms with van der Waals surface area (Å²) < 4.78 is 16.8. The first-order valence-electron chi connectivity index (χ1n) is 34.8. The second-order valence-electron chi connectivity index (χ2n) is 23.8. The summed E-state index contributed by atoms with van der Waals surface area (Å²) in [6.45, 7) is 6.62. The number of carbonyl (C=O) groups is 3. The molecule has 0 fully saturated rings. The summed E-state index contributed by atoms with van der Waals surface area (Å²) in [6.07, 6.45) is 81.3. The highest BCUT2D eigenvalue weighted by molar-refractivity contribution is 5.71. The molecule has 1 atom stereocenters. The SMILES string of the molecule is CCCCCC/C=C\C/C=C\CCCCCCCCCC(=O)OC(COC(=O)CCCCCCCC)COC(=O)CCCCCCCCCCCCCCCCCCCCCCCCCCCCCCCCCCCCC. The van der Waals surface area contributed by atoms with Crippen molar-refractivity contribution in [2.24, 2.45) is 0 Å². The van der Waals surface area contributed by atoms with Crippen molar-refractivity contribution in [3.05, 3.63) is 24.3 Å². The van der Waals surface area contributed by atoms with E-state index in [1.165, 1.54) is 283 Å². The van der Waals surface area contributed by atoms with Gasteiger partial charge in [0.05, 0.1) is 0 Å². The Balaban J connectivity index is 3.88. The molecule has 0 aliphatic heterocycles. The first-order chi connectivity index (χ1) is 38.0. The number of hydrogen-bond donors (Lipinski definition) is 0. The molecular formula is C71H134O6. The van der Waals surface area contributed by atoms with Crippen LogP contribution in [0.1, 0.15) is 393 Å². The molecule has 6 heteroatoms. The van der Waals surface area contributed by atoms with E-state index in [4.69, 9.17) is 14.2 Å². The van der Waals surface area contributed by atoms with E-state index in [-0.39, 0.29) is 31.1 Å². The summed E-state index contributed by atoms with van der Waals surface area (Å²) in [5.74, 6) is -0.865. The van der Waals surface area contributed by atoms with Crippen LogP contribution >= 0.6 is 0 Å². The van der Waals surface area contributed by atoms with Gasteiger partial charge in [0, 0.05) is 19.3 Å². The van der Waals surface area contributed by atoms with Gasteiger partial charge in [0.1, 0.15) is 13.2 Å². The maximum atomic E-state index is 12.8. The quantitative estimate of drug-likeness (QED) is 0.0261. The monoisotopic (exact) mass is 1080 g/mol. The highest BCUT2D eigenvalue weighted by Gasteiger charge is 2.19. The third-order valence-corrected chi connectivity index (χ3v) is 16.0. The number of esters is 3. The lowest BCUT2D eigenvalue weighted by molar-refractivity contribution is -0.167. The average molecular weight is 1080 g/mol. The van der Waals surface area contributed by atoms with Gasteiger partial charge >= 0.3 is 17.9 Å². The van der Waals surface area contributed by atoms with Gasteiger partial charge in [0.15, 0.2) is 6.10 Å². The highest BCUT2D eigenvalue weighted by atomic mass is 16.6. The minimum absolute atomic E-state index is 0.0699. The maximum absolute atomic E-state index is 12.8. The van der Waals surface area contributed by atoms with Crippen molar-refractivity contribution < 1.29 is 28.6 Å². The second kappa shape index (κ2) is 66.4. The smallest absolute Gasteiger partial charge is 0.306 e. The lowest BCUT2D eigenvalue weighted by atomic mass is 10.0. The molecular weight excluding hydrogens is 949 g/mol. The Bertz CT molecular complexity index is 1240. The van der Waals surface area contributed by atoms with Gasteiger partial charge in [-0.1, -0.05) is 347 Å². The van der Waals surface area contributed by atoms with Gasteiger partial charge < -0.3 is 14.2 Å². The van der Waals surface area contributed by atoms with E-state index in [0.29, 0.717) is 19.3 Å². The third-order valence-electron chi connectivity index (χ3n) is 16.0. The fourth-order valence-corrected chi connectivity index (χ4v) is 10.7. The Kier molecular flexibility index (Phi) is 64.6. The minimum Gasteiger partial charge on any atom is -0.462 e. The molecule has 0 spiro atoms. The van der Waals surface area contributed by atoms with Crippen molar-refractivity contribution in [1.82, 2.24) is 0 Å². The van der Waals surface area contributed by atoms with Crippen LogP contribution in [-0.4, -0.2) is 37.2 Å². The van der Waals surface area contributed by atoms with Crippen LogP contribution in [-0.2, 0) is 28.6 Å². The second-order valence-corrected chi connectivity index (χ2v) is 23.8. The van der Waals surface area contributed by atoms with Gasteiger partial charge in [-0.3, -0.25) is 14.4 Å². The number of ether oxygens (including phenoxy) is 3. The molecule has 0 aromatic carbocycles. The van der Waals surface area contributed by atoms with Crippen molar-refractivity contribution in [2.75, 3.05) is 13.2 Å². The predicted octanol–water partition coefficient (Wildman–Crippen LogP) is 23.8. The Morgan fingerprint density at radius 3 is 0.727 bits per heavy atom. The fraction of sp³-hybridized carbons (Fsp3) is 0.901. The summed E-state index contributed by atoms with van der Waals surface area (Å²) in [6, 6.07) is 0. The summed E-state index contributed by atoms with van der Waals surface area (Å²) in [7, 11) is 0. The molecule has 0 heterocycles. The molecule has 0 aromatic heterocycles. The summed E-state index contributed by atoms with van der Waals surface area (Å²) >= 11 is 0. The van der Waals surface area contributed by atoms with Gasteiger partial charge in [0.25, 0.3) is 0 Å². The molecule has 6 nitrogen and oxygen atoms in total. The molecule has 0 saturated carbocycles. The first-order valence-corrected chi connectivity index (χ1v) is 34.8. The van der Waals surface area contributed by atoms with Crippen molar-refractivity contribution in [3.63, 3.8) is 0 Å². The largest absolute Gasteiger partial charge is 0.462 e. The lowest BCUT2D eigenvalue weighted by Gasteiger charge is -2.18. The van der Waals surface area contributed by atoms with Crippen LogP contribution in [0.2, 0.25) is 0 Å². The zero-order chi connectivity index (χ0) is 55.7. The number of allylic oxidation sites excluding steroid dienone is 4. The van der Waals surface area contributed by atoms with E-state index in [1.807, 2.05) is 0 Å². The van der Waals surface area contributed by atoms with Gasteiger partial charge in [-0.05, 0) is 51.4 Å². The Morgan fingerprint density at radius 1 is 0.260 bits per heavy atom. The van der Waals surface area contributed by atoms with Crippen molar-refractivity contribution >= 4 is 17.9 Å². The number of rotatable bonds is 65. The molecule has 0 saturated heterocycles. The van der Waals surface area contributed by atoms with Crippen molar-refractivity contribution in [1.29, 1.82) is 0 Å². The molecule has 0 radical (unpaired) electrons. The molecule has 77 heavy (non-hydrogen) atoms. The predicted molar refractivity (Wildman–Crippen MR) is 335 cm³/mol. The van der Waals surface area contributed by atoms with Crippen LogP contribution in [0.3, 0.4) is 0 Å². The van der Waals surface area contributed by atoms with E-state index >= 15 is 0 Å². The van der Waals surface area contributed by atoms with Crippen LogP contribution in [0.25, 0.3) is 0 Å². The van der Waals surface area contributed by atoms with E-state index < -0.39 is 6.10 Å². The zero-order valence-electron chi connectivity index (χ0n) is 52.3. The third kappa shape index (κ3) is 64.6. The normalized spacial score (nSPS) is 12.1. The van der Waals surface area contributed by atoms with Crippen LogP contribution in [0, 0.1) is 0 Å². The maximum Gasteiger partial charge on any atom is 0.306 e.